The number of carbonyl (C=O) groups excluding carboxylic acids is 1. The Kier molecular flexibility index (Phi) is 4.60. The largest absolute Gasteiger partial charge is 0.482 e. The zero-order chi connectivity index (χ0) is 19.9. The molecule has 0 radical (unpaired) electrons. The lowest BCUT2D eigenvalue weighted by molar-refractivity contribution is -0.118. The Morgan fingerprint density at radius 1 is 1.11 bits per heavy atom. The molecular weight excluding hydrogens is 396 g/mol. The molecule has 0 fully saturated rings. The molecule has 4 rings (SSSR count). The van der Waals surface area contributed by atoms with Crippen LogP contribution in [0.1, 0.15) is 11.1 Å². The number of hydrogen-bond donors (Lipinski definition) is 2. The third-order valence-electron chi connectivity index (χ3n) is 4.60. The fraction of sp³-hybridized carbons (Fsp3) is 0.150. The van der Waals surface area contributed by atoms with Gasteiger partial charge < -0.3 is 10.1 Å². The second-order valence-corrected chi connectivity index (χ2v) is 9.03. The molecule has 2 aromatic carbocycles. The average Bonchev–Trinajstić information content (AvgIpc) is 3.18. The molecule has 28 heavy (non-hydrogen) atoms. The van der Waals surface area contributed by atoms with Crippen LogP contribution in [0, 0.1) is 13.8 Å². The van der Waals surface area contributed by atoms with Crippen LogP contribution in [0.3, 0.4) is 0 Å². The highest BCUT2D eigenvalue weighted by Gasteiger charge is 2.26. The summed E-state index contributed by atoms with van der Waals surface area (Å²) in [5.41, 5.74) is 4.29. The van der Waals surface area contributed by atoms with Crippen molar-refractivity contribution in [2.24, 2.45) is 0 Å². The Labute approximate surface area is 167 Å². The summed E-state index contributed by atoms with van der Waals surface area (Å²) in [5, 5.41) is 6.46. The minimum absolute atomic E-state index is 0.0963. The summed E-state index contributed by atoms with van der Waals surface area (Å²) in [6.07, 6.45) is 0. The number of hydrogen-bond acceptors (Lipinski definition) is 5. The first-order valence-electron chi connectivity index (χ1n) is 8.57. The molecule has 144 valence electrons. The number of nitrogens with one attached hydrogen (secondary N) is 2. The molecule has 6 nitrogen and oxygen atoms in total. The molecule has 2 heterocycles. The fourth-order valence-corrected chi connectivity index (χ4v) is 4.92. The topological polar surface area (TPSA) is 84.5 Å². The van der Waals surface area contributed by atoms with E-state index in [0.717, 1.165) is 16.7 Å². The molecule has 1 aliphatic rings. The molecule has 0 atom stereocenters. The SMILES string of the molecule is Cc1ccc(NS(=O)(=O)c2cc3c(cc2-c2ccsc2)NC(=O)CO3)cc1C. The van der Waals surface area contributed by atoms with E-state index in [2.05, 4.69) is 10.0 Å². The Hall–Kier alpha value is -2.84. The Morgan fingerprint density at radius 2 is 1.93 bits per heavy atom. The minimum Gasteiger partial charge on any atom is -0.482 e. The average molecular weight is 415 g/mol. The monoisotopic (exact) mass is 414 g/mol. The number of anilines is 2. The highest BCUT2D eigenvalue weighted by Crippen LogP contribution is 2.39. The Bertz CT molecular complexity index is 1170. The molecule has 1 amide bonds. The van der Waals surface area contributed by atoms with Crippen molar-refractivity contribution in [3.63, 3.8) is 0 Å². The van der Waals surface area contributed by atoms with Gasteiger partial charge in [0, 0.05) is 17.3 Å². The van der Waals surface area contributed by atoms with Gasteiger partial charge in [-0.05, 0) is 65.6 Å². The first-order valence-corrected chi connectivity index (χ1v) is 11.0. The van der Waals surface area contributed by atoms with E-state index >= 15 is 0 Å². The van der Waals surface area contributed by atoms with Crippen molar-refractivity contribution in [2.75, 3.05) is 16.6 Å². The summed E-state index contributed by atoms with van der Waals surface area (Å²) in [7, 11) is -3.88. The van der Waals surface area contributed by atoms with E-state index in [-0.39, 0.29) is 17.4 Å². The normalized spacial score (nSPS) is 13.4. The number of rotatable bonds is 4. The molecule has 1 aliphatic heterocycles. The Morgan fingerprint density at radius 3 is 2.64 bits per heavy atom. The van der Waals surface area contributed by atoms with Crippen LogP contribution in [0.4, 0.5) is 11.4 Å². The van der Waals surface area contributed by atoms with Crippen molar-refractivity contribution >= 4 is 38.6 Å². The van der Waals surface area contributed by atoms with Gasteiger partial charge in [0.1, 0.15) is 5.75 Å². The predicted molar refractivity (Wildman–Crippen MR) is 111 cm³/mol. The summed E-state index contributed by atoms with van der Waals surface area (Å²) in [5.74, 6) is 0.0617. The fourth-order valence-electron chi connectivity index (χ4n) is 2.99. The van der Waals surface area contributed by atoms with E-state index in [0.29, 0.717) is 22.7 Å². The maximum atomic E-state index is 13.2. The van der Waals surface area contributed by atoms with Gasteiger partial charge in [-0.25, -0.2) is 8.42 Å². The van der Waals surface area contributed by atoms with Crippen molar-refractivity contribution in [1.29, 1.82) is 0 Å². The molecule has 0 saturated heterocycles. The highest BCUT2D eigenvalue weighted by molar-refractivity contribution is 7.92. The number of ether oxygens (including phenoxy) is 1. The van der Waals surface area contributed by atoms with Crippen LogP contribution in [0.15, 0.2) is 52.1 Å². The first-order chi connectivity index (χ1) is 13.3. The molecule has 0 unspecified atom stereocenters. The van der Waals surface area contributed by atoms with Crippen LogP contribution >= 0.6 is 11.3 Å². The molecule has 1 aromatic heterocycles. The van der Waals surface area contributed by atoms with Crippen LogP contribution in [-0.4, -0.2) is 20.9 Å². The summed E-state index contributed by atoms with van der Waals surface area (Å²) in [6.45, 7) is 3.76. The zero-order valence-corrected chi connectivity index (χ0v) is 16.9. The predicted octanol–water partition coefficient (Wildman–Crippen LogP) is 4.16. The van der Waals surface area contributed by atoms with E-state index in [4.69, 9.17) is 4.74 Å². The standard InChI is InChI=1S/C20H18N2O4S2/c1-12-3-4-15(7-13(12)2)22-28(24,25)19-9-18-17(21-20(23)10-26-18)8-16(19)14-5-6-27-11-14/h3-9,11,22H,10H2,1-2H3,(H,21,23). The van der Waals surface area contributed by atoms with Gasteiger partial charge in [-0.2, -0.15) is 11.3 Å². The second kappa shape index (κ2) is 6.96. The number of benzene rings is 2. The summed E-state index contributed by atoms with van der Waals surface area (Å²) < 4.78 is 34.5. The number of fused-ring (bicyclic) bond motifs is 1. The number of carbonyl (C=O) groups is 1. The van der Waals surface area contributed by atoms with Gasteiger partial charge >= 0.3 is 0 Å². The van der Waals surface area contributed by atoms with Crippen LogP contribution in [-0.2, 0) is 14.8 Å². The molecule has 0 spiro atoms. The van der Waals surface area contributed by atoms with Crippen LogP contribution in [0.5, 0.6) is 5.75 Å². The molecule has 8 heteroatoms. The molecule has 0 bridgehead atoms. The van der Waals surface area contributed by atoms with E-state index in [1.54, 1.807) is 18.2 Å². The number of aryl methyl sites for hydroxylation is 2. The van der Waals surface area contributed by atoms with Gasteiger partial charge in [-0.15, -0.1) is 0 Å². The third kappa shape index (κ3) is 3.48. The zero-order valence-electron chi connectivity index (χ0n) is 15.3. The number of sulfonamides is 1. The summed E-state index contributed by atoms with van der Waals surface area (Å²) in [4.78, 5) is 11.7. The molecular formula is C20H18N2O4S2. The van der Waals surface area contributed by atoms with E-state index in [1.165, 1.54) is 17.4 Å². The number of amides is 1. The summed E-state index contributed by atoms with van der Waals surface area (Å²) in [6, 6.07) is 10.4. The van der Waals surface area contributed by atoms with E-state index in [1.807, 2.05) is 36.7 Å². The van der Waals surface area contributed by atoms with E-state index in [9.17, 15) is 13.2 Å². The lowest BCUT2D eigenvalue weighted by Crippen LogP contribution is -2.26. The van der Waals surface area contributed by atoms with Crippen LogP contribution in [0.25, 0.3) is 11.1 Å². The van der Waals surface area contributed by atoms with Crippen molar-refractivity contribution < 1.29 is 17.9 Å². The van der Waals surface area contributed by atoms with Crippen molar-refractivity contribution in [3.05, 3.63) is 58.3 Å². The molecule has 2 N–H and O–H groups in total. The second-order valence-electron chi connectivity index (χ2n) is 6.60. The lowest BCUT2D eigenvalue weighted by Gasteiger charge is -2.21. The lowest BCUT2D eigenvalue weighted by atomic mass is 10.1. The highest BCUT2D eigenvalue weighted by atomic mass is 32.2. The van der Waals surface area contributed by atoms with Crippen LogP contribution in [0.2, 0.25) is 0 Å². The van der Waals surface area contributed by atoms with Gasteiger partial charge in [0.2, 0.25) is 0 Å². The number of thiophene rings is 1. The molecule has 3 aromatic rings. The van der Waals surface area contributed by atoms with Crippen molar-refractivity contribution in [1.82, 2.24) is 0 Å². The van der Waals surface area contributed by atoms with Crippen LogP contribution < -0.4 is 14.8 Å². The van der Waals surface area contributed by atoms with Gasteiger partial charge in [-0.3, -0.25) is 9.52 Å². The molecule has 0 aliphatic carbocycles. The quantitative estimate of drug-likeness (QED) is 0.671. The van der Waals surface area contributed by atoms with Gasteiger partial charge in [0.15, 0.2) is 6.61 Å². The summed E-state index contributed by atoms with van der Waals surface area (Å²) >= 11 is 1.47. The third-order valence-corrected chi connectivity index (χ3v) is 6.70. The van der Waals surface area contributed by atoms with Gasteiger partial charge in [0.05, 0.1) is 10.6 Å². The molecule has 0 saturated carbocycles. The van der Waals surface area contributed by atoms with Gasteiger partial charge in [0.25, 0.3) is 15.9 Å². The van der Waals surface area contributed by atoms with E-state index < -0.39 is 10.0 Å². The van der Waals surface area contributed by atoms with Crippen molar-refractivity contribution in [3.8, 4) is 16.9 Å². The first kappa shape index (κ1) is 18.5. The Balaban J connectivity index is 1.82. The minimum atomic E-state index is -3.88. The van der Waals surface area contributed by atoms with Gasteiger partial charge in [-0.1, -0.05) is 6.07 Å². The van der Waals surface area contributed by atoms with Crippen molar-refractivity contribution in [2.45, 2.75) is 18.7 Å². The maximum Gasteiger partial charge on any atom is 0.262 e. The smallest absolute Gasteiger partial charge is 0.262 e. The maximum absolute atomic E-state index is 13.2.